The molecule has 1 heterocycles. The van der Waals surface area contributed by atoms with Crippen LogP contribution in [0.2, 0.25) is 0 Å². The molecule has 0 fully saturated rings. The van der Waals surface area contributed by atoms with Crippen molar-refractivity contribution in [3.05, 3.63) is 64.7 Å². The lowest BCUT2D eigenvalue weighted by atomic mass is 9.89. The lowest BCUT2D eigenvalue weighted by molar-refractivity contribution is 0.618. The van der Waals surface area contributed by atoms with Crippen molar-refractivity contribution in [3.63, 3.8) is 0 Å². The molecule has 0 N–H and O–H groups in total. The topological polar surface area (TPSA) is 12.9 Å². The van der Waals surface area contributed by atoms with Crippen molar-refractivity contribution in [2.45, 2.75) is 54.4 Å². The number of hydrogen-bond acceptors (Lipinski definition) is 1. The van der Waals surface area contributed by atoms with Gasteiger partial charge in [-0.15, -0.1) is 0 Å². The fraction of sp³-hybridized carbons (Fsp3) is 0.400. The highest BCUT2D eigenvalue weighted by atomic mass is 14.7. The van der Waals surface area contributed by atoms with Gasteiger partial charge in [0.1, 0.15) is 0 Å². The number of rotatable bonds is 5. The molecule has 136 valence electrons. The quantitative estimate of drug-likeness (QED) is 0.489. The Labute approximate surface area is 158 Å². The maximum Gasteiger partial charge on any atom is 0.0712 e. The molecule has 1 heteroatoms. The number of pyridine rings is 1. The van der Waals surface area contributed by atoms with Gasteiger partial charge in [0.25, 0.3) is 0 Å². The fourth-order valence-corrected chi connectivity index (χ4v) is 3.87. The molecule has 2 aromatic carbocycles. The van der Waals surface area contributed by atoms with E-state index in [1.807, 2.05) is 0 Å². The molecule has 3 aromatic rings. The minimum absolute atomic E-state index is 0.644. The van der Waals surface area contributed by atoms with Gasteiger partial charge >= 0.3 is 0 Å². The zero-order chi connectivity index (χ0) is 18.8. The lowest BCUT2D eigenvalue weighted by Crippen LogP contribution is -2.04. The zero-order valence-corrected chi connectivity index (χ0v) is 17.1. The van der Waals surface area contributed by atoms with E-state index in [9.17, 15) is 0 Å². The van der Waals surface area contributed by atoms with Crippen LogP contribution in [0.5, 0.6) is 0 Å². The van der Waals surface area contributed by atoms with Gasteiger partial charge in [-0.2, -0.15) is 0 Å². The molecule has 26 heavy (non-hydrogen) atoms. The lowest BCUT2D eigenvalue weighted by Gasteiger charge is -2.17. The molecule has 0 radical (unpaired) electrons. The van der Waals surface area contributed by atoms with Gasteiger partial charge in [-0.25, -0.2) is 4.98 Å². The van der Waals surface area contributed by atoms with Crippen molar-refractivity contribution in [3.8, 4) is 11.3 Å². The van der Waals surface area contributed by atoms with Crippen LogP contribution in [0, 0.1) is 25.7 Å². The summed E-state index contributed by atoms with van der Waals surface area (Å²) in [4.78, 5) is 5.02. The summed E-state index contributed by atoms with van der Waals surface area (Å²) in [5.74, 6) is 1.31. The van der Waals surface area contributed by atoms with Crippen LogP contribution < -0.4 is 0 Å². The standard InChI is InChI=1S/C25H31N/c1-16(2)11-20-7-9-25-22(23(20)12-17(3)4)8-10-24(26-25)21-14-18(5)13-19(6)15-21/h7-10,13-17H,11-12H2,1-6H3. The van der Waals surface area contributed by atoms with Crippen molar-refractivity contribution in [2.75, 3.05) is 0 Å². The highest BCUT2D eigenvalue weighted by Crippen LogP contribution is 2.29. The van der Waals surface area contributed by atoms with Crippen LogP contribution in [-0.2, 0) is 12.8 Å². The summed E-state index contributed by atoms with van der Waals surface area (Å²) in [6.07, 6.45) is 2.25. The van der Waals surface area contributed by atoms with Gasteiger partial charge in [0, 0.05) is 10.9 Å². The molecule has 1 nitrogen and oxygen atoms in total. The van der Waals surface area contributed by atoms with Crippen LogP contribution in [0.3, 0.4) is 0 Å². The Morgan fingerprint density at radius 2 is 1.42 bits per heavy atom. The Hall–Kier alpha value is -2.15. The largest absolute Gasteiger partial charge is 0.248 e. The van der Waals surface area contributed by atoms with Gasteiger partial charge in [-0.1, -0.05) is 57.0 Å². The molecule has 0 aliphatic carbocycles. The van der Waals surface area contributed by atoms with Crippen LogP contribution in [-0.4, -0.2) is 4.98 Å². The number of aryl methyl sites for hydroxylation is 2. The second kappa shape index (κ2) is 7.61. The van der Waals surface area contributed by atoms with Gasteiger partial charge in [0.05, 0.1) is 11.2 Å². The molecule has 0 bridgehead atoms. The molecule has 0 aliphatic rings. The second-order valence-corrected chi connectivity index (χ2v) is 8.54. The average molecular weight is 346 g/mol. The summed E-state index contributed by atoms with van der Waals surface area (Å²) in [6.45, 7) is 13.5. The summed E-state index contributed by atoms with van der Waals surface area (Å²) >= 11 is 0. The normalized spacial score (nSPS) is 11.7. The molecule has 0 saturated carbocycles. The number of nitrogens with zero attached hydrogens (tertiary/aromatic N) is 1. The van der Waals surface area contributed by atoms with E-state index in [-0.39, 0.29) is 0 Å². The van der Waals surface area contributed by atoms with E-state index in [2.05, 4.69) is 84.0 Å². The Morgan fingerprint density at radius 1 is 0.769 bits per heavy atom. The first kappa shape index (κ1) is 18.6. The van der Waals surface area contributed by atoms with Crippen molar-refractivity contribution >= 4 is 10.9 Å². The molecule has 0 saturated heterocycles. The Bertz CT molecular complexity index is 899. The van der Waals surface area contributed by atoms with Crippen LogP contribution in [0.25, 0.3) is 22.2 Å². The van der Waals surface area contributed by atoms with Crippen LogP contribution in [0.4, 0.5) is 0 Å². The number of fused-ring (bicyclic) bond motifs is 1. The van der Waals surface area contributed by atoms with Crippen LogP contribution in [0.1, 0.15) is 49.9 Å². The third-order valence-electron chi connectivity index (χ3n) is 4.84. The molecule has 0 atom stereocenters. The number of hydrogen-bond donors (Lipinski definition) is 0. The van der Waals surface area contributed by atoms with Crippen LogP contribution in [0.15, 0.2) is 42.5 Å². The van der Waals surface area contributed by atoms with Crippen molar-refractivity contribution in [1.82, 2.24) is 4.98 Å². The first-order chi connectivity index (χ1) is 12.3. The van der Waals surface area contributed by atoms with Crippen molar-refractivity contribution in [2.24, 2.45) is 11.8 Å². The molecular formula is C25H31N. The van der Waals surface area contributed by atoms with Crippen molar-refractivity contribution < 1.29 is 0 Å². The third-order valence-corrected chi connectivity index (χ3v) is 4.84. The molecular weight excluding hydrogens is 314 g/mol. The summed E-state index contributed by atoms with van der Waals surface area (Å²) in [7, 11) is 0. The third kappa shape index (κ3) is 4.15. The highest BCUT2D eigenvalue weighted by molar-refractivity contribution is 5.86. The number of aromatic nitrogens is 1. The summed E-state index contributed by atoms with van der Waals surface area (Å²) in [6, 6.07) is 15.7. The summed E-state index contributed by atoms with van der Waals surface area (Å²) in [5.41, 5.74) is 8.94. The van der Waals surface area contributed by atoms with E-state index in [0.29, 0.717) is 11.8 Å². The fourth-order valence-electron chi connectivity index (χ4n) is 3.87. The van der Waals surface area contributed by atoms with E-state index in [4.69, 9.17) is 4.98 Å². The van der Waals surface area contributed by atoms with E-state index in [1.165, 1.54) is 33.2 Å². The van der Waals surface area contributed by atoms with Gasteiger partial charge in [-0.3, -0.25) is 0 Å². The van der Waals surface area contributed by atoms with Gasteiger partial charge in [-0.05, 0) is 73.9 Å². The van der Waals surface area contributed by atoms with Gasteiger partial charge < -0.3 is 0 Å². The molecule has 0 spiro atoms. The summed E-state index contributed by atoms with van der Waals surface area (Å²) in [5, 5.41) is 1.32. The first-order valence-electron chi connectivity index (χ1n) is 9.83. The van der Waals surface area contributed by atoms with Crippen molar-refractivity contribution in [1.29, 1.82) is 0 Å². The maximum absolute atomic E-state index is 5.02. The first-order valence-corrected chi connectivity index (χ1v) is 9.83. The maximum atomic E-state index is 5.02. The smallest absolute Gasteiger partial charge is 0.0712 e. The van der Waals surface area contributed by atoms with E-state index in [0.717, 1.165) is 24.1 Å². The van der Waals surface area contributed by atoms with E-state index in [1.54, 1.807) is 0 Å². The predicted octanol–water partition coefficient (Wildman–Crippen LogP) is 6.92. The molecule has 0 amide bonds. The monoisotopic (exact) mass is 345 g/mol. The molecule has 1 aromatic heterocycles. The minimum atomic E-state index is 0.644. The highest BCUT2D eigenvalue weighted by Gasteiger charge is 2.13. The predicted molar refractivity (Wildman–Crippen MR) is 114 cm³/mol. The Kier molecular flexibility index (Phi) is 5.46. The number of benzene rings is 2. The SMILES string of the molecule is Cc1cc(C)cc(-c2ccc3c(CC(C)C)c(CC(C)C)ccc3n2)c1. The van der Waals surface area contributed by atoms with Gasteiger partial charge in [0.2, 0.25) is 0 Å². The summed E-state index contributed by atoms with van der Waals surface area (Å²) < 4.78 is 0. The zero-order valence-electron chi connectivity index (χ0n) is 17.1. The molecule has 0 unspecified atom stereocenters. The Morgan fingerprint density at radius 3 is 2.04 bits per heavy atom. The van der Waals surface area contributed by atoms with E-state index >= 15 is 0 Å². The van der Waals surface area contributed by atoms with Crippen LogP contribution >= 0.6 is 0 Å². The molecule has 3 rings (SSSR count). The average Bonchev–Trinajstić information content (AvgIpc) is 2.55. The minimum Gasteiger partial charge on any atom is -0.248 e. The second-order valence-electron chi connectivity index (χ2n) is 8.54. The van der Waals surface area contributed by atoms with Gasteiger partial charge in [0.15, 0.2) is 0 Å². The molecule has 0 aliphatic heterocycles. The Balaban J connectivity index is 2.13. The van der Waals surface area contributed by atoms with E-state index < -0.39 is 0 Å².